The van der Waals surface area contributed by atoms with Gasteiger partial charge in [-0.2, -0.15) is 5.10 Å². The van der Waals surface area contributed by atoms with Crippen LogP contribution in [0.5, 0.6) is 0 Å². The van der Waals surface area contributed by atoms with Crippen molar-refractivity contribution in [3.05, 3.63) is 17.5 Å². The number of amides is 1. The lowest BCUT2D eigenvalue weighted by Crippen LogP contribution is -2.44. The number of H-pyrrole nitrogens is 1. The lowest BCUT2D eigenvalue weighted by molar-refractivity contribution is 0.0142. The molecule has 1 amide bonds. The van der Waals surface area contributed by atoms with Crippen molar-refractivity contribution in [1.82, 2.24) is 15.5 Å². The summed E-state index contributed by atoms with van der Waals surface area (Å²) in [7, 11) is 0. The molecule has 108 valence electrons. The molecular formula is C14H25N3O2. The summed E-state index contributed by atoms with van der Waals surface area (Å²) in [6.45, 7) is 11.9. The Balaban J connectivity index is 2.67. The number of aromatic amines is 1. The van der Waals surface area contributed by atoms with Gasteiger partial charge >= 0.3 is 0 Å². The Morgan fingerprint density at radius 2 is 2.00 bits per heavy atom. The van der Waals surface area contributed by atoms with Crippen LogP contribution >= 0.6 is 0 Å². The summed E-state index contributed by atoms with van der Waals surface area (Å²) < 4.78 is 0. The van der Waals surface area contributed by atoms with Gasteiger partial charge in [-0.05, 0) is 18.9 Å². The number of hydrogen-bond donors (Lipinski definition) is 3. The second-order valence-corrected chi connectivity index (χ2v) is 6.61. The molecule has 19 heavy (non-hydrogen) atoms. The molecule has 1 rings (SSSR count). The minimum atomic E-state index is -0.918. The maximum atomic E-state index is 11.9. The number of rotatable bonds is 4. The highest BCUT2D eigenvalue weighted by molar-refractivity contribution is 5.92. The summed E-state index contributed by atoms with van der Waals surface area (Å²) in [6.07, 6.45) is 0. The second kappa shape index (κ2) is 5.33. The van der Waals surface area contributed by atoms with Crippen LogP contribution in [0.4, 0.5) is 0 Å². The van der Waals surface area contributed by atoms with Crippen molar-refractivity contribution in [3.63, 3.8) is 0 Å². The number of aromatic nitrogens is 2. The molecule has 5 nitrogen and oxygen atoms in total. The smallest absolute Gasteiger partial charge is 0.271 e. The predicted octanol–water partition coefficient (Wildman–Crippen LogP) is 1.84. The zero-order valence-electron chi connectivity index (χ0n) is 12.7. The van der Waals surface area contributed by atoms with E-state index in [1.165, 1.54) is 0 Å². The Kier molecular flexibility index (Phi) is 4.40. The lowest BCUT2D eigenvalue weighted by atomic mass is 9.92. The van der Waals surface area contributed by atoms with Crippen molar-refractivity contribution in [3.8, 4) is 0 Å². The van der Waals surface area contributed by atoms with Crippen LogP contribution in [0, 0.1) is 5.92 Å². The molecule has 0 saturated heterocycles. The number of carbonyl (C=O) groups is 1. The van der Waals surface area contributed by atoms with Gasteiger partial charge in [-0.15, -0.1) is 0 Å². The number of nitrogens with one attached hydrogen (secondary N) is 2. The van der Waals surface area contributed by atoms with Crippen LogP contribution in [-0.2, 0) is 5.41 Å². The summed E-state index contributed by atoms with van der Waals surface area (Å²) in [4.78, 5) is 11.9. The largest absolute Gasteiger partial charge is 0.388 e. The van der Waals surface area contributed by atoms with Gasteiger partial charge in [-0.3, -0.25) is 9.89 Å². The van der Waals surface area contributed by atoms with Crippen molar-refractivity contribution in [2.75, 3.05) is 6.54 Å². The van der Waals surface area contributed by atoms with Crippen LogP contribution < -0.4 is 5.32 Å². The average Bonchev–Trinajstić information content (AvgIpc) is 2.74. The highest BCUT2D eigenvalue weighted by Crippen LogP contribution is 2.20. The SMILES string of the molecule is CC(C)C(C)(O)CNC(=O)c1cc(C(C)(C)C)[nH]n1. The van der Waals surface area contributed by atoms with E-state index in [4.69, 9.17) is 0 Å². The van der Waals surface area contributed by atoms with E-state index in [-0.39, 0.29) is 23.8 Å². The summed E-state index contributed by atoms with van der Waals surface area (Å²) in [5.74, 6) is -0.204. The van der Waals surface area contributed by atoms with Crippen molar-refractivity contribution in [2.24, 2.45) is 5.92 Å². The monoisotopic (exact) mass is 267 g/mol. The zero-order valence-corrected chi connectivity index (χ0v) is 12.7. The van der Waals surface area contributed by atoms with E-state index in [2.05, 4.69) is 15.5 Å². The first kappa shape index (κ1) is 15.7. The number of hydrogen-bond acceptors (Lipinski definition) is 3. The molecule has 0 aromatic carbocycles. The van der Waals surface area contributed by atoms with Crippen molar-refractivity contribution in [2.45, 2.75) is 52.6 Å². The number of carbonyl (C=O) groups excluding carboxylic acids is 1. The Morgan fingerprint density at radius 3 is 2.42 bits per heavy atom. The highest BCUT2D eigenvalue weighted by Gasteiger charge is 2.26. The Bertz CT molecular complexity index is 442. The van der Waals surface area contributed by atoms with Crippen molar-refractivity contribution < 1.29 is 9.90 Å². The number of aliphatic hydroxyl groups is 1. The number of nitrogens with zero attached hydrogens (tertiary/aromatic N) is 1. The quantitative estimate of drug-likeness (QED) is 0.779. The molecule has 0 radical (unpaired) electrons. The van der Waals surface area contributed by atoms with Gasteiger partial charge in [0.1, 0.15) is 5.69 Å². The summed E-state index contributed by atoms with van der Waals surface area (Å²) in [5.41, 5.74) is 0.270. The van der Waals surface area contributed by atoms with Gasteiger partial charge in [0, 0.05) is 17.7 Å². The fourth-order valence-corrected chi connectivity index (χ4v) is 1.38. The third kappa shape index (κ3) is 4.06. The van der Waals surface area contributed by atoms with E-state index in [9.17, 15) is 9.90 Å². The minimum Gasteiger partial charge on any atom is -0.388 e. The van der Waals surface area contributed by atoms with E-state index in [0.717, 1.165) is 5.69 Å². The van der Waals surface area contributed by atoms with Gasteiger partial charge in [0.15, 0.2) is 0 Å². The maximum absolute atomic E-state index is 11.9. The molecule has 0 bridgehead atoms. The first-order valence-corrected chi connectivity index (χ1v) is 6.60. The Labute approximate surface area is 114 Å². The van der Waals surface area contributed by atoms with Crippen LogP contribution in [0.3, 0.4) is 0 Å². The van der Waals surface area contributed by atoms with Crippen molar-refractivity contribution >= 4 is 5.91 Å². The molecule has 1 unspecified atom stereocenters. The summed E-state index contributed by atoms with van der Waals surface area (Å²) in [6, 6.07) is 1.75. The maximum Gasteiger partial charge on any atom is 0.271 e. The molecule has 5 heteroatoms. The van der Waals surface area contributed by atoms with E-state index in [1.807, 2.05) is 34.6 Å². The Morgan fingerprint density at radius 1 is 1.42 bits per heavy atom. The van der Waals surface area contributed by atoms with Gasteiger partial charge in [0.05, 0.1) is 5.60 Å². The highest BCUT2D eigenvalue weighted by atomic mass is 16.3. The zero-order chi connectivity index (χ0) is 14.8. The molecule has 0 fully saturated rings. The fraction of sp³-hybridized carbons (Fsp3) is 0.714. The first-order chi connectivity index (χ1) is 8.54. The molecule has 0 aliphatic heterocycles. The third-order valence-corrected chi connectivity index (χ3v) is 3.47. The first-order valence-electron chi connectivity index (χ1n) is 6.60. The molecule has 1 aromatic rings. The third-order valence-electron chi connectivity index (χ3n) is 3.47. The lowest BCUT2D eigenvalue weighted by Gasteiger charge is -2.27. The van der Waals surface area contributed by atoms with Gasteiger partial charge < -0.3 is 10.4 Å². The van der Waals surface area contributed by atoms with Crippen LogP contribution in [0.1, 0.15) is 57.7 Å². The van der Waals surface area contributed by atoms with Gasteiger partial charge in [-0.25, -0.2) is 0 Å². The van der Waals surface area contributed by atoms with E-state index in [1.54, 1.807) is 13.0 Å². The molecule has 0 aliphatic rings. The molecule has 3 N–H and O–H groups in total. The van der Waals surface area contributed by atoms with E-state index in [0.29, 0.717) is 5.69 Å². The van der Waals surface area contributed by atoms with Crippen LogP contribution in [0.2, 0.25) is 0 Å². The molecule has 1 aromatic heterocycles. The fourth-order valence-electron chi connectivity index (χ4n) is 1.38. The molecule has 0 saturated carbocycles. The normalized spacial score (nSPS) is 15.4. The molecule has 0 aliphatic carbocycles. The Hall–Kier alpha value is -1.36. The topological polar surface area (TPSA) is 78.0 Å². The van der Waals surface area contributed by atoms with Gasteiger partial charge in [0.25, 0.3) is 5.91 Å². The van der Waals surface area contributed by atoms with Gasteiger partial charge in [0.2, 0.25) is 0 Å². The van der Waals surface area contributed by atoms with E-state index >= 15 is 0 Å². The van der Waals surface area contributed by atoms with Crippen molar-refractivity contribution in [1.29, 1.82) is 0 Å². The predicted molar refractivity (Wildman–Crippen MR) is 75.1 cm³/mol. The van der Waals surface area contributed by atoms with Crippen LogP contribution in [0.25, 0.3) is 0 Å². The molecule has 0 spiro atoms. The second-order valence-electron chi connectivity index (χ2n) is 6.61. The minimum absolute atomic E-state index is 0.0668. The molecule has 1 atom stereocenters. The van der Waals surface area contributed by atoms with Crippen LogP contribution in [-0.4, -0.2) is 33.4 Å². The van der Waals surface area contributed by atoms with Crippen LogP contribution in [0.15, 0.2) is 6.07 Å². The standard InChI is InChI=1S/C14H25N3O2/c1-9(2)14(6,19)8-15-12(18)10-7-11(17-16-10)13(3,4)5/h7,9,19H,8H2,1-6H3,(H,15,18)(H,16,17). The summed E-state index contributed by atoms with van der Waals surface area (Å²) in [5, 5.41) is 19.7. The van der Waals surface area contributed by atoms with Gasteiger partial charge in [-0.1, -0.05) is 34.6 Å². The summed E-state index contributed by atoms with van der Waals surface area (Å²) >= 11 is 0. The van der Waals surface area contributed by atoms with E-state index < -0.39 is 5.60 Å². The molecular weight excluding hydrogens is 242 g/mol. The average molecular weight is 267 g/mol. The molecule has 1 heterocycles.